The Bertz CT molecular complexity index is 679. The van der Waals surface area contributed by atoms with E-state index in [4.69, 9.17) is 21.1 Å². The number of nitrogens with one attached hydrogen (secondary N) is 3. The molecule has 0 saturated carbocycles. The molecule has 0 atom stereocenters. The second-order valence-electron chi connectivity index (χ2n) is 5.96. The molecule has 0 fully saturated rings. The van der Waals surface area contributed by atoms with Gasteiger partial charge < -0.3 is 14.8 Å². The highest BCUT2D eigenvalue weighted by molar-refractivity contribution is 6.35. The average Bonchev–Trinajstić information content (AvgIpc) is 2.60. The summed E-state index contributed by atoms with van der Waals surface area (Å²) >= 11 is 6.23. The van der Waals surface area contributed by atoms with Gasteiger partial charge in [-0.1, -0.05) is 24.9 Å². The number of hydrogen-bond donors (Lipinski definition) is 3. The number of carbonyl (C=O) groups is 3. The molecule has 0 unspecified atom stereocenters. The van der Waals surface area contributed by atoms with Crippen molar-refractivity contribution >= 4 is 29.3 Å². The molecule has 0 saturated heterocycles. The van der Waals surface area contributed by atoms with Gasteiger partial charge in [0.2, 0.25) is 0 Å². The lowest BCUT2D eigenvalue weighted by molar-refractivity contribution is -0.139. The summed E-state index contributed by atoms with van der Waals surface area (Å²) in [5.41, 5.74) is 4.36. The van der Waals surface area contributed by atoms with Gasteiger partial charge in [-0.2, -0.15) is 0 Å². The Morgan fingerprint density at radius 2 is 1.78 bits per heavy atom. The lowest BCUT2D eigenvalue weighted by atomic mass is 10.2. The summed E-state index contributed by atoms with van der Waals surface area (Å²) < 4.78 is 11.2. The van der Waals surface area contributed by atoms with Crippen molar-refractivity contribution in [2.24, 2.45) is 0 Å². The molecule has 0 aromatic heterocycles. The summed E-state index contributed by atoms with van der Waals surface area (Å²) in [4.78, 5) is 35.4. The van der Waals surface area contributed by atoms with Crippen LogP contribution < -0.4 is 25.6 Å². The first-order valence-electron chi connectivity index (χ1n) is 8.80. The number of unbranched alkanes of at least 4 members (excludes halogenated alkanes) is 1. The van der Waals surface area contributed by atoms with Crippen LogP contribution in [0.15, 0.2) is 12.1 Å². The number of hydrogen-bond acceptors (Lipinski definition) is 5. The highest BCUT2D eigenvalue weighted by Crippen LogP contribution is 2.36. The number of carbonyl (C=O) groups excluding carboxylic acids is 3. The van der Waals surface area contributed by atoms with Crippen molar-refractivity contribution in [2.75, 3.05) is 13.2 Å². The highest BCUT2D eigenvalue weighted by atomic mass is 35.5. The molecule has 0 heterocycles. The van der Waals surface area contributed by atoms with E-state index in [1.54, 1.807) is 20.8 Å². The summed E-state index contributed by atoms with van der Waals surface area (Å²) in [6.07, 6.45) is 1.82. The summed E-state index contributed by atoms with van der Waals surface area (Å²) in [5, 5.41) is 2.63. The molecule has 150 valence electrons. The van der Waals surface area contributed by atoms with Gasteiger partial charge in [-0.05, 0) is 39.3 Å². The molecular weight excluding hydrogens is 374 g/mol. The largest absolute Gasteiger partial charge is 0.490 e. The van der Waals surface area contributed by atoms with Crippen LogP contribution in [-0.2, 0) is 9.59 Å². The van der Waals surface area contributed by atoms with Gasteiger partial charge in [0.05, 0.1) is 18.2 Å². The first kappa shape index (κ1) is 22.6. The molecule has 8 nitrogen and oxygen atoms in total. The Balaban J connectivity index is 2.84. The highest BCUT2D eigenvalue weighted by Gasteiger charge is 2.19. The van der Waals surface area contributed by atoms with Gasteiger partial charge in [-0.15, -0.1) is 0 Å². The molecule has 3 amide bonds. The number of benzene rings is 1. The van der Waals surface area contributed by atoms with Crippen molar-refractivity contribution in [2.45, 2.75) is 46.6 Å². The van der Waals surface area contributed by atoms with Crippen molar-refractivity contribution in [1.82, 2.24) is 16.2 Å². The van der Waals surface area contributed by atoms with Gasteiger partial charge in [0.15, 0.2) is 11.5 Å². The zero-order valence-electron chi connectivity index (χ0n) is 16.0. The topological polar surface area (TPSA) is 106 Å². The van der Waals surface area contributed by atoms with Gasteiger partial charge in [-0.3, -0.25) is 25.2 Å². The predicted molar refractivity (Wildman–Crippen MR) is 102 cm³/mol. The fraction of sp³-hybridized carbons (Fsp3) is 0.500. The van der Waals surface area contributed by atoms with Crippen LogP contribution in [0.1, 0.15) is 50.9 Å². The molecule has 3 N–H and O–H groups in total. The number of amides is 3. The van der Waals surface area contributed by atoms with E-state index in [0.29, 0.717) is 24.7 Å². The Hall–Kier alpha value is -2.48. The van der Waals surface area contributed by atoms with Crippen molar-refractivity contribution in [3.8, 4) is 11.5 Å². The SMILES string of the molecule is CCCCOc1c(Cl)cc(C(=O)NNC(=O)C(=O)NC(C)C)cc1OCC. The van der Waals surface area contributed by atoms with Crippen LogP contribution >= 0.6 is 11.6 Å². The average molecular weight is 400 g/mol. The molecule has 0 aliphatic heterocycles. The molecule has 0 radical (unpaired) electrons. The second-order valence-corrected chi connectivity index (χ2v) is 6.36. The van der Waals surface area contributed by atoms with E-state index in [1.165, 1.54) is 12.1 Å². The van der Waals surface area contributed by atoms with Crippen LogP contribution in [0.5, 0.6) is 11.5 Å². The maximum Gasteiger partial charge on any atom is 0.327 e. The Kier molecular flexibility index (Phi) is 9.42. The second kappa shape index (κ2) is 11.3. The van der Waals surface area contributed by atoms with Crippen LogP contribution in [0.25, 0.3) is 0 Å². The monoisotopic (exact) mass is 399 g/mol. The molecule has 27 heavy (non-hydrogen) atoms. The van der Waals surface area contributed by atoms with Crippen molar-refractivity contribution in [3.05, 3.63) is 22.7 Å². The van der Waals surface area contributed by atoms with Crippen LogP contribution in [-0.4, -0.2) is 37.0 Å². The minimum absolute atomic E-state index is 0.149. The van der Waals surface area contributed by atoms with E-state index in [1.807, 2.05) is 12.3 Å². The van der Waals surface area contributed by atoms with Crippen molar-refractivity contribution in [3.63, 3.8) is 0 Å². The predicted octanol–water partition coefficient (Wildman–Crippen LogP) is 2.20. The van der Waals surface area contributed by atoms with E-state index >= 15 is 0 Å². The third kappa shape index (κ3) is 7.34. The maximum absolute atomic E-state index is 12.3. The third-order valence-electron chi connectivity index (χ3n) is 3.23. The summed E-state index contributed by atoms with van der Waals surface area (Å²) in [6, 6.07) is 2.67. The molecular formula is C18H26ClN3O5. The molecule has 1 rings (SSSR count). The van der Waals surface area contributed by atoms with Gasteiger partial charge in [0.25, 0.3) is 5.91 Å². The van der Waals surface area contributed by atoms with Gasteiger partial charge >= 0.3 is 11.8 Å². The number of rotatable bonds is 8. The van der Waals surface area contributed by atoms with Gasteiger partial charge in [0.1, 0.15) is 0 Å². The Labute approximate surface area is 163 Å². The lowest BCUT2D eigenvalue weighted by Gasteiger charge is -2.15. The minimum Gasteiger partial charge on any atom is -0.490 e. The number of halogens is 1. The Morgan fingerprint density at radius 1 is 1.07 bits per heavy atom. The summed E-state index contributed by atoms with van der Waals surface area (Å²) in [6.45, 7) is 8.10. The summed E-state index contributed by atoms with van der Waals surface area (Å²) in [5.74, 6) is -1.78. The van der Waals surface area contributed by atoms with E-state index in [2.05, 4.69) is 10.7 Å². The molecule has 1 aromatic carbocycles. The quantitative estimate of drug-likeness (QED) is 0.353. The van der Waals surface area contributed by atoms with E-state index in [0.717, 1.165) is 12.8 Å². The first-order chi connectivity index (χ1) is 12.8. The van der Waals surface area contributed by atoms with Crippen molar-refractivity contribution < 1.29 is 23.9 Å². The zero-order valence-corrected chi connectivity index (χ0v) is 16.7. The van der Waals surface area contributed by atoms with Crippen LogP contribution in [0.4, 0.5) is 0 Å². The van der Waals surface area contributed by atoms with Crippen LogP contribution in [0.3, 0.4) is 0 Å². The summed E-state index contributed by atoms with van der Waals surface area (Å²) in [7, 11) is 0. The van der Waals surface area contributed by atoms with Crippen LogP contribution in [0, 0.1) is 0 Å². The third-order valence-corrected chi connectivity index (χ3v) is 3.51. The first-order valence-corrected chi connectivity index (χ1v) is 9.18. The molecule has 0 aliphatic rings. The molecule has 0 spiro atoms. The lowest BCUT2D eigenvalue weighted by Crippen LogP contribution is -2.49. The number of hydrazine groups is 1. The fourth-order valence-corrected chi connectivity index (χ4v) is 2.26. The molecule has 1 aromatic rings. The fourth-order valence-electron chi connectivity index (χ4n) is 1.99. The van der Waals surface area contributed by atoms with Crippen molar-refractivity contribution in [1.29, 1.82) is 0 Å². The van der Waals surface area contributed by atoms with Gasteiger partial charge in [-0.25, -0.2) is 0 Å². The zero-order chi connectivity index (χ0) is 20.4. The minimum atomic E-state index is -0.979. The number of ether oxygens (including phenoxy) is 2. The normalized spacial score (nSPS) is 10.3. The van der Waals surface area contributed by atoms with E-state index in [-0.39, 0.29) is 16.6 Å². The molecule has 0 bridgehead atoms. The smallest absolute Gasteiger partial charge is 0.327 e. The van der Waals surface area contributed by atoms with Crippen LogP contribution in [0.2, 0.25) is 5.02 Å². The van der Waals surface area contributed by atoms with E-state index in [9.17, 15) is 14.4 Å². The Morgan fingerprint density at radius 3 is 2.37 bits per heavy atom. The van der Waals surface area contributed by atoms with Gasteiger partial charge in [0, 0.05) is 11.6 Å². The standard InChI is InChI=1S/C18H26ClN3O5/c1-5-7-8-27-15-13(19)9-12(10-14(15)26-6-2)16(23)21-22-18(25)17(24)20-11(3)4/h9-11H,5-8H2,1-4H3,(H,20,24)(H,21,23)(H,22,25). The molecule has 9 heteroatoms. The van der Waals surface area contributed by atoms with E-state index < -0.39 is 17.7 Å². The maximum atomic E-state index is 12.3. The molecule has 0 aliphatic carbocycles.